The predicted octanol–water partition coefficient (Wildman–Crippen LogP) is 3.08. The van der Waals surface area contributed by atoms with E-state index in [0.29, 0.717) is 0 Å². The molecule has 0 N–H and O–H groups in total. The summed E-state index contributed by atoms with van der Waals surface area (Å²) in [7, 11) is 0. The molecule has 1 aliphatic rings. The van der Waals surface area contributed by atoms with Gasteiger partial charge in [0.1, 0.15) is 5.75 Å². The fourth-order valence-electron chi connectivity index (χ4n) is 1.06. The Bertz CT molecular complexity index is 268. The smallest absolute Gasteiger partial charge is 0.120 e. The molecule has 12 heavy (non-hydrogen) atoms. The highest BCUT2D eigenvalue weighted by atomic mass is 127. The minimum atomic E-state index is 0.836. The van der Waals surface area contributed by atoms with Gasteiger partial charge in [0.25, 0.3) is 0 Å². The van der Waals surface area contributed by atoms with Crippen molar-refractivity contribution in [3.8, 4) is 5.75 Å². The highest BCUT2D eigenvalue weighted by Gasteiger charge is 2.21. The van der Waals surface area contributed by atoms with E-state index >= 15 is 0 Å². The number of halogens is 1. The molecule has 0 amide bonds. The van der Waals surface area contributed by atoms with Crippen LogP contribution in [0.2, 0.25) is 0 Å². The number of hydrogen-bond acceptors (Lipinski definition) is 1. The Morgan fingerprint density at radius 1 is 1.42 bits per heavy atom. The maximum Gasteiger partial charge on any atom is 0.120 e. The van der Waals surface area contributed by atoms with Gasteiger partial charge in [-0.3, -0.25) is 0 Å². The molecule has 0 atom stereocenters. The van der Waals surface area contributed by atoms with Gasteiger partial charge in [-0.25, -0.2) is 0 Å². The van der Waals surface area contributed by atoms with Gasteiger partial charge in [-0.1, -0.05) is 6.07 Å². The maximum absolute atomic E-state index is 5.61. The van der Waals surface area contributed by atoms with E-state index in [1.165, 1.54) is 16.4 Å². The lowest BCUT2D eigenvalue weighted by Gasteiger charge is -2.04. The summed E-state index contributed by atoms with van der Waals surface area (Å²) in [4.78, 5) is 0. The van der Waals surface area contributed by atoms with E-state index in [9.17, 15) is 0 Å². The van der Waals surface area contributed by atoms with Gasteiger partial charge in [-0.15, -0.1) is 0 Å². The van der Waals surface area contributed by atoms with Crippen LogP contribution in [-0.2, 0) is 0 Å². The Morgan fingerprint density at radius 3 is 2.92 bits per heavy atom. The molecule has 1 aromatic carbocycles. The Labute approximate surface area is 86.3 Å². The van der Waals surface area contributed by atoms with Gasteiger partial charge in [-0.05, 0) is 59.5 Å². The van der Waals surface area contributed by atoms with Gasteiger partial charge >= 0.3 is 0 Å². The van der Waals surface area contributed by atoms with Gasteiger partial charge in [-0.2, -0.15) is 0 Å². The summed E-state index contributed by atoms with van der Waals surface area (Å²) in [5.41, 5.74) is 0. The van der Waals surface area contributed by atoms with Gasteiger partial charge in [0.05, 0.1) is 6.61 Å². The van der Waals surface area contributed by atoms with Crippen molar-refractivity contribution in [3.05, 3.63) is 27.8 Å². The molecular formula is C10H11IO. The first-order valence-electron chi connectivity index (χ1n) is 4.23. The first-order chi connectivity index (χ1) is 5.84. The van der Waals surface area contributed by atoms with Gasteiger partial charge in [0.2, 0.25) is 0 Å². The molecule has 0 aliphatic heterocycles. The molecule has 2 heteroatoms. The lowest BCUT2D eigenvalue weighted by atomic mass is 10.3. The van der Waals surface area contributed by atoms with Crippen LogP contribution in [0.4, 0.5) is 0 Å². The number of ether oxygens (including phenoxy) is 1. The fraction of sp³-hybridized carbons (Fsp3) is 0.400. The molecule has 0 saturated heterocycles. The zero-order chi connectivity index (χ0) is 8.39. The van der Waals surface area contributed by atoms with Crippen LogP contribution >= 0.6 is 22.6 Å². The van der Waals surface area contributed by atoms with Crippen molar-refractivity contribution in [3.63, 3.8) is 0 Å². The van der Waals surface area contributed by atoms with Crippen molar-refractivity contribution < 1.29 is 4.74 Å². The van der Waals surface area contributed by atoms with E-state index in [-0.39, 0.29) is 0 Å². The number of rotatable bonds is 3. The minimum absolute atomic E-state index is 0.836. The van der Waals surface area contributed by atoms with Crippen LogP contribution in [-0.4, -0.2) is 6.61 Å². The maximum atomic E-state index is 5.61. The lowest BCUT2D eigenvalue weighted by molar-refractivity contribution is 0.299. The standard InChI is InChI=1S/C10H11IO/c11-9-2-1-3-10(6-9)12-7-8-4-5-8/h1-3,6,8H,4-5,7H2. The highest BCUT2D eigenvalue weighted by molar-refractivity contribution is 14.1. The Hall–Kier alpha value is -0.250. The van der Waals surface area contributed by atoms with Crippen molar-refractivity contribution in [2.45, 2.75) is 12.8 Å². The van der Waals surface area contributed by atoms with E-state index in [2.05, 4.69) is 34.7 Å². The Kier molecular flexibility index (Phi) is 2.54. The van der Waals surface area contributed by atoms with Gasteiger partial charge in [0, 0.05) is 3.57 Å². The van der Waals surface area contributed by atoms with Crippen LogP contribution in [0.1, 0.15) is 12.8 Å². The first kappa shape index (κ1) is 8.35. The number of benzene rings is 1. The molecule has 1 nitrogen and oxygen atoms in total. The molecule has 0 unspecified atom stereocenters. The van der Waals surface area contributed by atoms with Gasteiger partial charge in [0.15, 0.2) is 0 Å². The second kappa shape index (κ2) is 3.64. The van der Waals surface area contributed by atoms with E-state index in [0.717, 1.165) is 18.3 Å². The molecule has 64 valence electrons. The third-order valence-electron chi connectivity index (χ3n) is 1.98. The van der Waals surface area contributed by atoms with Crippen molar-refractivity contribution in [2.24, 2.45) is 5.92 Å². The van der Waals surface area contributed by atoms with Gasteiger partial charge < -0.3 is 4.74 Å². The molecule has 0 bridgehead atoms. The molecule has 0 aromatic heterocycles. The van der Waals surface area contributed by atoms with Crippen molar-refractivity contribution in [1.29, 1.82) is 0 Å². The molecular weight excluding hydrogens is 263 g/mol. The minimum Gasteiger partial charge on any atom is -0.493 e. The molecule has 2 rings (SSSR count). The summed E-state index contributed by atoms with van der Waals surface area (Å²) in [5, 5.41) is 0. The van der Waals surface area contributed by atoms with Crippen molar-refractivity contribution in [1.82, 2.24) is 0 Å². The largest absolute Gasteiger partial charge is 0.493 e. The van der Waals surface area contributed by atoms with Crippen LogP contribution in [0.3, 0.4) is 0 Å². The third kappa shape index (κ3) is 2.37. The molecule has 1 aliphatic carbocycles. The fourth-order valence-corrected chi connectivity index (χ4v) is 1.57. The van der Waals surface area contributed by atoms with Crippen molar-refractivity contribution >= 4 is 22.6 Å². The summed E-state index contributed by atoms with van der Waals surface area (Å²) < 4.78 is 6.84. The SMILES string of the molecule is Ic1cccc(OCC2CC2)c1. The average Bonchev–Trinajstić information content (AvgIpc) is 2.84. The molecule has 1 fully saturated rings. The van der Waals surface area contributed by atoms with Crippen LogP contribution in [0.5, 0.6) is 5.75 Å². The van der Waals surface area contributed by atoms with E-state index in [1.807, 2.05) is 12.1 Å². The summed E-state index contributed by atoms with van der Waals surface area (Å²) in [6.45, 7) is 0.903. The zero-order valence-corrected chi connectivity index (χ0v) is 8.95. The topological polar surface area (TPSA) is 9.23 Å². The molecule has 1 aromatic rings. The Balaban J connectivity index is 1.92. The quantitative estimate of drug-likeness (QED) is 0.770. The first-order valence-corrected chi connectivity index (χ1v) is 5.31. The van der Waals surface area contributed by atoms with E-state index in [1.54, 1.807) is 0 Å². The second-order valence-corrected chi connectivity index (χ2v) is 4.46. The lowest BCUT2D eigenvalue weighted by Crippen LogP contribution is -1.98. The predicted molar refractivity (Wildman–Crippen MR) is 57.4 cm³/mol. The van der Waals surface area contributed by atoms with Crippen LogP contribution in [0.15, 0.2) is 24.3 Å². The number of hydrogen-bond donors (Lipinski definition) is 0. The third-order valence-corrected chi connectivity index (χ3v) is 2.65. The molecule has 0 spiro atoms. The summed E-state index contributed by atoms with van der Waals surface area (Å²) in [5.74, 6) is 1.84. The molecule has 0 heterocycles. The summed E-state index contributed by atoms with van der Waals surface area (Å²) >= 11 is 2.30. The van der Waals surface area contributed by atoms with E-state index < -0.39 is 0 Å². The molecule has 0 radical (unpaired) electrons. The van der Waals surface area contributed by atoms with Crippen molar-refractivity contribution in [2.75, 3.05) is 6.61 Å². The van der Waals surface area contributed by atoms with Crippen LogP contribution < -0.4 is 4.74 Å². The summed E-state index contributed by atoms with van der Waals surface area (Å²) in [6, 6.07) is 8.20. The highest BCUT2D eigenvalue weighted by Crippen LogP contribution is 2.29. The second-order valence-electron chi connectivity index (χ2n) is 3.21. The van der Waals surface area contributed by atoms with Crippen LogP contribution in [0, 0.1) is 9.49 Å². The monoisotopic (exact) mass is 274 g/mol. The normalized spacial score (nSPS) is 16.1. The zero-order valence-electron chi connectivity index (χ0n) is 6.79. The van der Waals surface area contributed by atoms with Crippen LogP contribution in [0.25, 0.3) is 0 Å². The Morgan fingerprint density at radius 2 is 2.25 bits per heavy atom. The molecule has 1 saturated carbocycles. The van der Waals surface area contributed by atoms with E-state index in [4.69, 9.17) is 4.74 Å². The average molecular weight is 274 g/mol. The summed E-state index contributed by atoms with van der Waals surface area (Å²) in [6.07, 6.45) is 2.70.